The highest BCUT2D eigenvalue weighted by atomic mass is 32.2. The molecule has 6 heteroatoms. The Labute approximate surface area is 154 Å². The molecule has 1 heterocycles. The third-order valence-electron chi connectivity index (χ3n) is 4.48. The van der Waals surface area contributed by atoms with Crippen molar-refractivity contribution in [2.45, 2.75) is 38.1 Å². The fraction of sp³-hybridized carbons (Fsp3) is 0.579. The van der Waals surface area contributed by atoms with Crippen molar-refractivity contribution >= 4 is 23.6 Å². The molecule has 0 aromatic heterocycles. The SMILES string of the molecule is COc1ccc(C(=O)N[C@@H](CCSC)C(=O)N2CCCCCC2)cc1. The van der Waals surface area contributed by atoms with Crippen LogP contribution in [0.1, 0.15) is 42.5 Å². The summed E-state index contributed by atoms with van der Waals surface area (Å²) < 4.78 is 5.12. The lowest BCUT2D eigenvalue weighted by Crippen LogP contribution is -2.49. The molecule has 0 aliphatic carbocycles. The molecular formula is C19H28N2O3S. The van der Waals surface area contributed by atoms with E-state index < -0.39 is 6.04 Å². The predicted octanol–water partition coefficient (Wildman–Crippen LogP) is 2.95. The minimum absolute atomic E-state index is 0.0535. The second kappa shape index (κ2) is 10.3. The zero-order chi connectivity index (χ0) is 18.1. The number of carbonyl (C=O) groups is 2. The van der Waals surface area contributed by atoms with Gasteiger partial charge in [-0.3, -0.25) is 9.59 Å². The highest BCUT2D eigenvalue weighted by Gasteiger charge is 2.26. The van der Waals surface area contributed by atoms with Crippen LogP contribution < -0.4 is 10.1 Å². The zero-order valence-corrected chi connectivity index (χ0v) is 15.9. The van der Waals surface area contributed by atoms with Crippen LogP contribution in [0, 0.1) is 0 Å². The van der Waals surface area contributed by atoms with Crippen LogP contribution >= 0.6 is 11.8 Å². The normalized spacial score (nSPS) is 16.0. The number of rotatable bonds is 7. The Kier molecular flexibility index (Phi) is 8.12. The molecule has 1 saturated heterocycles. The minimum atomic E-state index is -0.458. The number of thioether (sulfide) groups is 1. The number of ether oxygens (including phenoxy) is 1. The predicted molar refractivity (Wildman–Crippen MR) is 102 cm³/mol. The first-order valence-electron chi connectivity index (χ1n) is 8.88. The molecule has 1 N–H and O–H groups in total. The van der Waals surface area contributed by atoms with Crippen LogP contribution in [-0.4, -0.2) is 55.0 Å². The molecular weight excluding hydrogens is 336 g/mol. The molecule has 1 atom stereocenters. The van der Waals surface area contributed by atoms with Gasteiger partial charge < -0.3 is 15.0 Å². The molecule has 1 aliphatic heterocycles. The van der Waals surface area contributed by atoms with E-state index in [2.05, 4.69) is 5.32 Å². The number of benzene rings is 1. The second-order valence-corrected chi connectivity index (χ2v) is 7.26. The molecule has 0 bridgehead atoms. The summed E-state index contributed by atoms with van der Waals surface area (Å²) in [6, 6.07) is 6.48. The summed E-state index contributed by atoms with van der Waals surface area (Å²) in [7, 11) is 1.59. The van der Waals surface area contributed by atoms with Crippen molar-refractivity contribution in [3.63, 3.8) is 0 Å². The highest BCUT2D eigenvalue weighted by molar-refractivity contribution is 7.98. The molecule has 0 saturated carbocycles. The number of hydrogen-bond donors (Lipinski definition) is 1. The van der Waals surface area contributed by atoms with Gasteiger partial charge >= 0.3 is 0 Å². The Morgan fingerprint density at radius 3 is 2.36 bits per heavy atom. The van der Waals surface area contributed by atoms with Crippen LogP contribution in [0.15, 0.2) is 24.3 Å². The maximum absolute atomic E-state index is 12.9. The van der Waals surface area contributed by atoms with Gasteiger partial charge in [-0.1, -0.05) is 12.8 Å². The Balaban J connectivity index is 2.04. The number of nitrogens with zero attached hydrogens (tertiary/aromatic N) is 1. The lowest BCUT2D eigenvalue weighted by molar-refractivity contribution is -0.133. The Hall–Kier alpha value is -1.69. The van der Waals surface area contributed by atoms with Crippen LogP contribution in [0.2, 0.25) is 0 Å². The number of carbonyl (C=O) groups excluding carboxylic acids is 2. The number of amides is 2. The summed E-state index contributed by atoms with van der Waals surface area (Å²) in [6.07, 6.45) is 7.12. The summed E-state index contributed by atoms with van der Waals surface area (Å²) in [5.74, 6) is 1.39. The summed E-state index contributed by atoms with van der Waals surface area (Å²) in [5, 5.41) is 2.94. The van der Waals surface area contributed by atoms with E-state index in [0.717, 1.165) is 31.7 Å². The molecule has 1 aromatic rings. The second-order valence-electron chi connectivity index (χ2n) is 6.28. The summed E-state index contributed by atoms with van der Waals surface area (Å²) in [4.78, 5) is 27.4. The first-order valence-corrected chi connectivity index (χ1v) is 10.3. The van der Waals surface area contributed by atoms with Crippen LogP contribution in [0.5, 0.6) is 5.75 Å². The van der Waals surface area contributed by atoms with Gasteiger partial charge in [0.25, 0.3) is 5.91 Å². The van der Waals surface area contributed by atoms with Crippen LogP contribution in [0.3, 0.4) is 0 Å². The van der Waals surface area contributed by atoms with Gasteiger partial charge in [0.1, 0.15) is 11.8 Å². The lowest BCUT2D eigenvalue weighted by atomic mass is 10.1. The van der Waals surface area contributed by atoms with Gasteiger partial charge in [0.2, 0.25) is 5.91 Å². The van der Waals surface area contributed by atoms with E-state index in [1.807, 2.05) is 11.2 Å². The standard InChI is InChI=1S/C19H28N2O3S/c1-24-16-9-7-15(8-10-16)18(22)20-17(11-14-25-2)19(23)21-12-5-3-4-6-13-21/h7-10,17H,3-6,11-14H2,1-2H3,(H,20,22)/t17-/m0/s1. The Morgan fingerprint density at radius 2 is 1.80 bits per heavy atom. The number of hydrogen-bond acceptors (Lipinski definition) is 4. The maximum Gasteiger partial charge on any atom is 0.251 e. The van der Waals surface area contributed by atoms with E-state index in [4.69, 9.17) is 4.74 Å². The number of nitrogens with one attached hydrogen (secondary N) is 1. The van der Waals surface area contributed by atoms with Gasteiger partial charge in [0.15, 0.2) is 0 Å². The highest BCUT2D eigenvalue weighted by Crippen LogP contribution is 2.14. The summed E-state index contributed by atoms with van der Waals surface area (Å²) >= 11 is 1.69. The number of likely N-dealkylation sites (tertiary alicyclic amines) is 1. The van der Waals surface area contributed by atoms with E-state index in [0.29, 0.717) is 17.7 Å². The first kappa shape index (κ1) is 19.6. The molecule has 2 amide bonds. The van der Waals surface area contributed by atoms with Gasteiger partial charge in [-0.05, 0) is 55.5 Å². The molecule has 5 nitrogen and oxygen atoms in total. The molecule has 1 aliphatic rings. The van der Waals surface area contributed by atoms with Crippen molar-refractivity contribution in [3.05, 3.63) is 29.8 Å². The van der Waals surface area contributed by atoms with E-state index in [9.17, 15) is 9.59 Å². The fourth-order valence-corrected chi connectivity index (χ4v) is 3.46. The van der Waals surface area contributed by atoms with E-state index in [1.54, 1.807) is 43.1 Å². The minimum Gasteiger partial charge on any atom is -0.497 e. The zero-order valence-electron chi connectivity index (χ0n) is 15.1. The third-order valence-corrected chi connectivity index (χ3v) is 5.13. The molecule has 0 unspecified atom stereocenters. The molecule has 0 spiro atoms. The molecule has 25 heavy (non-hydrogen) atoms. The molecule has 0 radical (unpaired) electrons. The fourth-order valence-electron chi connectivity index (χ4n) is 2.99. The quantitative estimate of drug-likeness (QED) is 0.808. The van der Waals surface area contributed by atoms with Gasteiger partial charge in [0, 0.05) is 18.7 Å². The first-order chi connectivity index (χ1) is 12.2. The van der Waals surface area contributed by atoms with Gasteiger partial charge in [0.05, 0.1) is 7.11 Å². The van der Waals surface area contributed by atoms with E-state index >= 15 is 0 Å². The smallest absolute Gasteiger partial charge is 0.251 e. The van der Waals surface area contributed by atoms with Crippen LogP contribution in [-0.2, 0) is 4.79 Å². The number of methoxy groups -OCH3 is 1. The molecule has 138 valence electrons. The van der Waals surface area contributed by atoms with Gasteiger partial charge in [-0.2, -0.15) is 11.8 Å². The monoisotopic (exact) mass is 364 g/mol. The van der Waals surface area contributed by atoms with E-state index in [-0.39, 0.29) is 11.8 Å². The van der Waals surface area contributed by atoms with Crippen molar-refractivity contribution in [1.82, 2.24) is 10.2 Å². The van der Waals surface area contributed by atoms with Crippen LogP contribution in [0.25, 0.3) is 0 Å². The van der Waals surface area contributed by atoms with Gasteiger partial charge in [-0.25, -0.2) is 0 Å². The van der Waals surface area contributed by atoms with Crippen LogP contribution in [0.4, 0.5) is 0 Å². The van der Waals surface area contributed by atoms with Crippen molar-refractivity contribution in [3.8, 4) is 5.75 Å². The Morgan fingerprint density at radius 1 is 1.16 bits per heavy atom. The molecule has 1 fully saturated rings. The third kappa shape index (κ3) is 5.96. The molecule has 2 rings (SSSR count). The average molecular weight is 365 g/mol. The van der Waals surface area contributed by atoms with Crippen molar-refractivity contribution in [1.29, 1.82) is 0 Å². The average Bonchev–Trinajstić information content (AvgIpc) is 2.94. The maximum atomic E-state index is 12.9. The van der Waals surface area contributed by atoms with Crippen molar-refractivity contribution < 1.29 is 14.3 Å². The van der Waals surface area contributed by atoms with Crippen molar-refractivity contribution in [2.75, 3.05) is 32.2 Å². The summed E-state index contributed by atoms with van der Waals surface area (Å²) in [6.45, 7) is 1.60. The van der Waals surface area contributed by atoms with Gasteiger partial charge in [-0.15, -0.1) is 0 Å². The lowest BCUT2D eigenvalue weighted by Gasteiger charge is -2.26. The topological polar surface area (TPSA) is 58.6 Å². The largest absolute Gasteiger partial charge is 0.497 e. The van der Waals surface area contributed by atoms with E-state index in [1.165, 1.54) is 12.8 Å². The molecule has 1 aromatic carbocycles. The van der Waals surface area contributed by atoms with Crippen molar-refractivity contribution in [2.24, 2.45) is 0 Å². The Bertz CT molecular complexity index is 554. The summed E-state index contributed by atoms with van der Waals surface area (Å²) in [5.41, 5.74) is 0.540.